The fraction of sp³-hybridized carbons (Fsp3) is 0.450. The third kappa shape index (κ3) is 3.95. The number of benzene rings is 1. The Kier molecular flexibility index (Phi) is 5.71. The highest BCUT2D eigenvalue weighted by Crippen LogP contribution is 2.30. The maximum atomic E-state index is 12.8. The molecular weight excluding hydrogens is 328 g/mol. The van der Waals surface area contributed by atoms with E-state index in [1.54, 1.807) is 6.07 Å². The van der Waals surface area contributed by atoms with Gasteiger partial charge >= 0.3 is 0 Å². The average molecular weight is 354 g/mol. The number of carbonyl (C=O) groups is 1. The van der Waals surface area contributed by atoms with Gasteiger partial charge < -0.3 is 15.0 Å². The Labute approximate surface area is 154 Å². The predicted octanol–water partition coefficient (Wildman–Crippen LogP) is 3.14. The van der Waals surface area contributed by atoms with Crippen LogP contribution < -0.4 is 15.0 Å². The molecule has 0 fully saturated rings. The zero-order valence-electron chi connectivity index (χ0n) is 15.7. The fourth-order valence-electron chi connectivity index (χ4n) is 3.13. The summed E-state index contributed by atoms with van der Waals surface area (Å²) in [6.45, 7) is 2.64. The first-order valence-corrected chi connectivity index (χ1v) is 9.16. The minimum atomic E-state index is -0.119. The van der Waals surface area contributed by atoms with Crippen molar-refractivity contribution in [2.45, 2.75) is 38.6 Å². The van der Waals surface area contributed by atoms with Crippen LogP contribution in [0.5, 0.6) is 5.75 Å². The monoisotopic (exact) mass is 354 g/mol. The lowest BCUT2D eigenvalue weighted by molar-refractivity contribution is 0.0928. The number of amides is 1. The Hall–Kier alpha value is -2.63. The molecule has 0 saturated heterocycles. The van der Waals surface area contributed by atoms with Gasteiger partial charge in [-0.3, -0.25) is 4.79 Å². The minimum absolute atomic E-state index is 0.0679. The van der Waals surface area contributed by atoms with Gasteiger partial charge in [-0.2, -0.15) is 0 Å². The number of anilines is 1. The SMILES string of the molecule is CCCOc1ccccc1C(=O)N[C@H]1CCCc2nc(N(C)C)ncc21. The Morgan fingerprint density at radius 2 is 2.15 bits per heavy atom. The molecule has 1 aliphatic rings. The zero-order valence-corrected chi connectivity index (χ0v) is 15.7. The van der Waals surface area contributed by atoms with Crippen LogP contribution in [-0.2, 0) is 6.42 Å². The van der Waals surface area contributed by atoms with Crippen LogP contribution >= 0.6 is 0 Å². The van der Waals surface area contributed by atoms with E-state index in [1.807, 2.05) is 50.3 Å². The number of carbonyl (C=O) groups excluding carboxylic acids is 1. The molecule has 6 heteroatoms. The Morgan fingerprint density at radius 3 is 2.92 bits per heavy atom. The van der Waals surface area contributed by atoms with Crippen molar-refractivity contribution in [1.82, 2.24) is 15.3 Å². The molecule has 1 aromatic heterocycles. The van der Waals surface area contributed by atoms with E-state index < -0.39 is 0 Å². The van der Waals surface area contributed by atoms with Crippen molar-refractivity contribution in [3.8, 4) is 5.75 Å². The zero-order chi connectivity index (χ0) is 18.5. The van der Waals surface area contributed by atoms with Crippen LogP contribution in [0.4, 0.5) is 5.95 Å². The van der Waals surface area contributed by atoms with Crippen molar-refractivity contribution in [1.29, 1.82) is 0 Å². The Balaban J connectivity index is 1.79. The van der Waals surface area contributed by atoms with Crippen molar-refractivity contribution in [2.24, 2.45) is 0 Å². The Bertz CT molecular complexity index is 776. The molecule has 1 N–H and O–H groups in total. The molecule has 1 amide bonds. The van der Waals surface area contributed by atoms with Gasteiger partial charge in [0.05, 0.1) is 23.9 Å². The Morgan fingerprint density at radius 1 is 1.35 bits per heavy atom. The summed E-state index contributed by atoms with van der Waals surface area (Å²) in [6.07, 6.45) is 5.55. The number of aryl methyl sites for hydroxylation is 1. The lowest BCUT2D eigenvalue weighted by Gasteiger charge is -2.26. The van der Waals surface area contributed by atoms with Gasteiger partial charge in [0, 0.05) is 25.9 Å². The first kappa shape index (κ1) is 18.2. The topological polar surface area (TPSA) is 67.3 Å². The van der Waals surface area contributed by atoms with Crippen LogP contribution in [0.3, 0.4) is 0 Å². The molecule has 1 heterocycles. The van der Waals surface area contributed by atoms with Crippen molar-refractivity contribution < 1.29 is 9.53 Å². The second-order valence-electron chi connectivity index (χ2n) is 6.73. The number of ether oxygens (including phenoxy) is 1. The molecule has 1 aromatic carbocycles. The summed E-state index contributed by atoms with van der Waals surface area (Å²) in [5.74, 6) is 1.21. The maximum Gasteiger partial charge on any atom is 0.255 e. The number of hydrogen-bond acceptors (Lipinski definition) is 5. The van der Waals surface area contributed by atoms with Crippen LogP contribution in [-0.4, -0.2) is 36.6 Å². The van der Waals surface area contributed by atoms with E-state index in [2.05, 4.69) is 15.3 Å². The molecule has 0 bridgehead atoms. The molecule has 26 heavy (non-hydrogen) atoms. The van der Waals surface area contributed by atoms with Gasteiger partial charge in [0.2, 0.25) is 5.95 Å². The molecule has 0 aliphatic heterocycles. The van der Waals surface area contributed by atoms with Crippen LogP contribution in [0.15, 0.2) is 30.5 Å². The molecule has 3 rings (SSSR count). The molecule has 2 aromatic rings. The van der Waals surface area contributed by atoms with E-state index in [1.165, 1.54) is 0 Å². The largest absolute Gasteiger partial charge is 0.493 e. The third-order valence-electron chi connectivity index (χ3n) is 4.47. The maximum absolute atomic E-state index is 12.8. The molecule has 138 valence electrons. The molecule has 1 aliphatic carbocycles. The van der Waals surface area contributed by atoms with E-state index in [4.69, 9.17) is 4.74 Å². The van der Waals surface area contributed by atoms with Gasteiger partial charge in [-0.05, 0) is 37.8 Å². The summed E-state index contributed by atoms with van der Waals surface area (Å²) in [5.41, 5.74) is 2.61. The van der Waals surface area contributed by atoms with E-state index in [9.17, 15) is 4.79 Å². The van der Waals surface area contributed by atoms with Gasteiger partial charge in [-0.15, -0.1) is 0 Å². The van der Waals surface area contributed by atoms with E-state index >= 15 is 0 Å². The van der Waals surface area contributed by atoms with Crippen molar-refractivity contribution in [3.05, 3.63) is 47.3 Å². The van der Waals surface area contributed by atoms with Gasteiger partial charge in [0.1, 0.15) is 5.75 Å². The van der Waals surface area contributed by atoms with Crippen LogP contribution in [0.25, 0.3) is 0 Å². The first-order chi connectivity index (χ1) is 12.6. The third-order valence-corrected chi connectivity index (χ3v) is 4.47. The second-order valence-corrected chi connectivity index (χ2v) is 6.73. The number of nitrogens with one attached hydrogen (secondary N) is 1. The summed E-state index contributed by atoms with van der Waals surface area (Å²) in [4.78, 5) is 23.8. The molecule has 0 unspecified atom stereocenters. The number of rotatable bonds is 6. The number of fused-ring (bicyclic) bond motifs is 1. The number of para-hydroxylation sites is 1. The van der Waals surface area contributed by atoms with Crippen molar-refractivity contribution in [3.63, 3.8) is 0 Å². The lowest BCUT2D eigenvalue weighted by atomic mass is 9.92. The lowest BCUT2D eigenvalue weighted by Crippen LogP contribution is -2.32. The second kappa shape index (κ2) is 8.17. The summed E-state index contributed by atoms with van der Waals surface area (Å²) >= 11 is 0. The average Bonchev–Trinajstić information content (AvgIpc) is 2.66. The molecule has 1 atom stereocenters. The minimum Gasteiger partial charge on any atom is -0.493 e. The highest BCUT2D eigenvalue weighted by molar-refractivity contribution is 5.97. The molecule has 6 nitrogen and oxygen atoms in total. The normalized spacial score (nSPS) is 15.9. The van der Waals surface area contributed by atoms with E-state index in [0.29, 0.717) is 23.9 Å². The summed E-state index contributed by atoms with van der Waals surface area (Å²) in [7, 11) is 3.86. The van der Waals surface area contributed by atoms with Gasteiger partial charge in [-0.1, -0.05) is 19.1 Å². The van der Waals surface area contributed by atoms with Crippen LogP contribution in [0.1, 0.15) is 53.8 Å². The summed E-state index contributed by atoms with van der Waals surface area (Å²) in [5, 5.41) is 3.14. The fourth-order valence-corrected chi connectivity index (χ4v) is 3.13. The van der Waals surface area contributed by atoms with Crippen LogP contribution in [0, 0.1) is 0 Å². The van der Waals surface area contributed by atoms with E-state index in [-0.39, 0.29) is 11.9 Å². The van der Waals surface area contributed by atoms with Gasteiger partial charge in [0.15, 0.2) is 0 Å². The van der Waals surface area contributed by atoms with Crippen LogP contribution in [0.2, 0.25) is 0 Å². The first-order valence-electron chi connectivity index (χ1n) is 9.16. The summed E-state index contributed by atoms with van der Waals surface area (Å²) in [6, 6.07) is 7.31. The number of nitrogens with zero attached hydrogens (tertiary/aromatic N) is 3. The highest BCUT2D eigenvalue weighted by Gasteiger charge is 2.25. The molecular formula is C20H26N4O2. The summed E-state index contributed by atoms with van der Waals surface area (Å²) < 4.78 is 5.72. The number of hydrogen-bond donors (Lipinski definition) is 1. The standard InChI is InChI=1S/C20H26N4O2/c1-4-12-26-18-11-6-5-8-14(18)19(25)22-16-9-7-10-17-15(16)13-21-20(23-17)24(2)3/h5-6,8,11,13,16H,4,7,9-10,12H2,1-3H3,(H,22,25)/t16-/m0/s1. The van der Waals surface area contributed by atoms with E-state index in [0.717, 1.165) is 36.9 Å². The van der Waals surface area contributed by atoms with Crippen molar-refractivity contribution in [2.75, 3.05) is 25.6 Å². The quantitative estimate of drug-likeness (QED) is 0.863. The molecule has 0 saturated carbocycles. The smallest absolute Gasteiger partial charge is 0.255 e. The van der Waals surface area contributed by atoms with Crippen molar-refractivity contribution >= 4 is 11.9 Å². The molecule has 0 radical (unpaired) electrons. The highest BCUT2D eigenvalue weighted by atomic mass is 16.5. The number of aromatic nitrogens is 2. The van der Waals surface area contributed by atoms with Gasteiger partial charge in [0.25, 0.3) is 5.91 Å². The molecule has 0 spiro atoms. The predicted molar refractivity (Wildman–Crippen MR) is 102 cm³/mol. The van der Waals surface area contributed by atoms with Gasteiger partial charge in [-0.25, -0.2) is 9.97 Å².